The molecule has 136 valence electrons. The van der Waals surface area contributed by atoms with Crippen LogP contribution in [0.15, 0.2) is 28.8 Å². The molecule has 0 bridgehead atoms. The summed E-state index contributed by atoms with van der Waals surface area (Å²) in [6.45, 7) is 0.487. The SMILES string of the molecule is CS(=O)(=O)NC[C@H]1CC[C@H](Nc2nc(-c3ccc(F)cc3)no2)CC1. The summed E-state index contributed by atoms with van der Waals surface area (Å²) in [6, 6.07) is 6.47. The first kappa shape index (κ1) is 17.8. The van der Waals surface area contributed by atoms with Crippen LogP contribution in [0.4, 0.5) is 10.4 Å². The molecule has 0 spiro atoms. The highest BCUT2D eigenvalue weighted by Crippen LogP contribution is 2.26. The van der Waals surface area contributed by atoms with Gasteiger partial charge >= 0.3 is 6.01 Å². The standard InChI is InChI=1S/C16H21FN4O3S/c1-25(22,23)18-10-11-2-8-14(9-3-11)19-16-20-15(21-24-16)12-4-6-13(17)7-5-12/h4-7,11,14,18H,2-3,8-10H2,1H3,(H,19,20,21)/t11-,14-. The van der Waals surface area contributed by atoms with Gasteiger partial charge in [-0.1, -0.05) is 5.16 Å². The minimum Gasteiger partial charge on any atom is -0.335 e. The summed E-state index contributed by atoms with van der Waals surface area (Å²) in [5.74, 6) is 0.450. The fraction of sp³-hybridized carbons (Fsp3) is 0.500. The summed E-state index contributed by atoms with van der Waals surface area (Å²) >= 11 is 0. The van der Waals surface area contributed by atoms with E-state index in [1.807, 2.05) is 0 Å². The molecule has 1 aromatic carbocycles. The van der Waals surface area contributed by atoms with Crippen LogP contribution in [0.1, 0.15) is 25.7 Å². The van der Waals surface area contributed by atoms with Crippen molar-refractivity contribution in [2.45, 2.75) is 31.7 Å². The number of hydrogen-bond donors (Lipinski definition) is 2. The Morgan fingerprint density at radius 2 is 1.88 bits per heavy atom. The molecule has 9 heteroatoms. The van der Waals surface area contributed by atoms with Crippen LogP contribution in [0, 0.1) is 11.7 Å². The molecule has 0 unspecified atom stereocenters. The third-order valence-corrected chi connectivity index (χ3v) is 5.03. The summed E-state index contributed by atoms with van der Waals surface area (Å²) in [7, 11) is -3.13. The lowest BCUT2D eigenvalue weighted by Gasteiger charge is -2.28. The van der Waals surface area contributed by atoms with Crippen molar-refractivity contribution >= 4 is 16.0 Å². The summed E-state index contributed by atoms with van der Waals surface area (Å²) < 4.78 is 43.0. The number of halogens is 1. The Labute approximate surface area is 146 Å². The van der Waals surface area contributed by atoms with Gasteiger partial charge in [0.15, 0.2) is 0 Å². The van der Waals surface area contributed by atoms with Crippen LogP contribution >= 0.6 is 0 Å². The number of anilines is 1. The van der Waals surface area contributed by atoms with Crippen molar-refractivity contribution in [2.75, 3.05) is 18.1 Å². The molecule has 1 heterocycles. The van der Waals surface area contributed by atoms with E-state index in [1.165, 1.54) is 18.4 Å². The van der Waals surface area contributed by atoms with E-state index in [0.717, 1.165) is 25.7 Å². The molecule has 1 fully saturated rings. The Bertz CT molecular complexity index is 799. The van der Waals surface area contributed by atoms with E-state index in [9.17, 15) is 12.8 Å². The smallest absolute Gasteiger partial charge is 0.322 e. The van der Waals surface area contributed by atoms with Crippen LogP contribution in [-0.2, 0) is 10.0 Å². The van der Waals surface area contributed by atoms with E-state index in [4.69, 9.17) is 4.52 Å². The fourth-order valence-corrected chi connectivity index (χ4v) is 3.49. The van der Waals surface area contributed by atoms with Gasteiger partial charge in [0, 0.05) is 18.2 Å². The molecular weight excluding hydrogens is 347 g/mol. The van der Waals surface area contributed by atoms with E-state index in [1.54, 1.807) is 12.1 Å². The molecule has 0 saturated heterocycles. The minimum atomic E-state index is -3.13. The predicted octanol–water partition coefficient (Wildman–Crippen LogP) is 2.40. The molecule has 1 aliphatic rings. The number of nitrogens with zero attached hydrogens (tertiary/aromatic N) is 2. The van der Waals surface area contributed by atoms with Crippen LogP contribution in [0.2, 0.25) is 0 Å². The Morgan fingerprint density at radius 3 is 2.52 bits per heavy atom. The molecule has 7 nitrogen and oxygen atoms in total. The average molecular weight is 368 g/mol. The van der Waals surface area contributed by atoms with Crippen molar-refractivity contribution in [1.82, 2.24) is 14.9 Å². The molecule has 25 heavy (non-hydrogen) atoms. The largest absolute Gasteiger partial charge is 0.335 e. The van der Waals surface area contributed by atoms with Gasteiger partial charge in [0.25, 0.3) is 0 Å². The summed E-state index contributed by atoms with van der Waals surface area (Å²) in [4.78, 5) is 4.29. The number of nitrogens with one attached hydrogen (secondary N) is 2. The third kappa shape index (κ3) is 5.23. The van der Waals surface area contributed by atoms with E-state index < -0.39 is 10.0 Å². The van der Waals surface area contributed by atoms with Crippen LogP contribution in [0.25, 0.3) is 11.4 Å². The second-order valence-electron chi connectivity index (χ2n) is 6.41. The topological polar surface area (TPSA) is 97.1 Å². The molecule has 1 aromatic heterocycles. The van der Waals surface area contributed by atoms with Gasteiger partial charge in [0.05, 0.1) is 6.26 Å². The molecule has 2 N–H and O–H groups in total. The Hall–Kier alpha value is -2.00. The number of rotatable bonds is 6. The maximum absolute atomic E-state index is 13.0. The first-order valence-electron chi connectivity index (χ1n) is 8.20. The lowest BCUT2D eigenvalue weighted by Crippen LogP contribution is -2.33. The Kier molecular flexibility index (Phi) is 5.33. The van der Waals surface area contributed by atoms with Crippen molar-refractivity contribution in [3.63, 3.8) is 0 Å². The van der Waals surface area contributed by atoms with Crippen molar-refractivity contribution in [2.24, 2.45) is 5.92 Å². The zero-order valence-corrected chi connectivity index (χ0v) is 14.7. The maximum atomic E-state index is 13.0. The van der Waals surface area contributed by atoms with Crippen LogP contribution < -0.4 is 10.0 Å². The Morgan fingerprint density at radius 1 is 1.20 bits per heavy atom. The summed E-state index contributed by atoms with van der Waals surface area (Å²) in [6.07, 6.45) is 4.85. The quantitative estimate of drug-likeness (QED) is 0.813. The normalized spacial score (nSPS) is 21.2. The average Bonchev–Trinajstić information content (AvgIpc) is 3.03. The third-order valence-electron chi connectivity index (χ3n) is 4.34. The first-order valence-corrected chi connectivity index (χ1v) is 10.1. The molecule has 1 aliphatic carbocycles. The molecule has 1 saturated carbocycles. The van der Waals surface area contributed by atoms with E-state index in [2.05, 4.69) is 20.2 Å². The van der Waals surface area contributed by atoms with Crippen molar-refractivity contribution in [3.8, 4) is 11.4 Å². The molecule has 3 rings (SSSR count). The lowest BCUT2D eigenvalue weighted by atomic mass is 9.86. The molecular formula is C16H21FN4O3S. The first-order chi connectivity index (χ1) is 11.9. The van der Waals surface area contributed by atoms with E-state index in [-0.39, 0.29) is 11.9 Å². The summed E-state index contributed by atoms with van der Waals surface area (Å²) in [5, 5.41) is 7.13. The van der Waals surface area contributed by atoms with E-state index >= 15 is 0 Å². The van der Waals surface area contributed by atoms with E-state index in [0.29, 0.717) is 29.9 Å². The van der Waals surface area contributed by atoms with Crippen LogP contribution in [0.5, 0.6) is 0 Å². The van der Waals surface area contributed by atoms with Gasteiger partial charge in [-0.2, -0.15) is 4.98 Å². The van der Waals surface area contributed by atoms with Gasteiger partial charge in [-0.15, -0.1) is 0 Å². The molecule has 0 radical (unpaired) electrons. The second-order valence-corrected chi connectivity index (χ2v) is 8.25. The minimum absolute atomic E-state index is 0.219. The Balaban J connectivity index is 1.50. The highest BCUT2D eigenvalue weighted by Gasteiger charge is 2.23. The second kappa shape index (κ2) is 7.49. The van der Waals surface area contributed by atoms with Gasteiger partial charge in [0.2, 0.25) is 15.8 Å². The summed E-state index contributed by atoms with van der Waals surface area (Å²) in [5.41, 5.74) is 0.689. The van der Waals surface area contributed by atoms with Crippen molar-refractivity contribution in [1.29, 1.82) is 0 Å². The maximum Gasteiger partial charge on any atom is 0.322 e. The van der Waals surface area contributed by atoms with Gasteiger partial charge in [-0.25, -0.2) is 17.5 Å². The highest BCUT2D eigenvalue weighted by atomic mass is 32.2. The highest BCUT2D eigenvalue weighted by molar-refractivity contribution is 7.88. The number of hydrogen-bond acceptors (Lipinski definition) is 6. The molecule has 0 aliphatic heterocycles. The molecule has 0 atom stereocenters. The van der Waals surface area contributed by atoms with Gasteiger partial charge in [-0.05, 0) is 55.9 Å². The monoisotopic (exact) mass is 368 g/mol. The lowest BCUT2D eigenvalue weighted by molar-refractivity contribution is 0.330. The van der Waals surface area contributed by atoms with Crippen molar-refractivity contribution in [3.05, 3.63) is 30.1 Å². The van der Waals surface area contributed by atoms with Gasteiger partial charge in [-0.3, -0.25) is 0 Å². The number of sulfonamides is 1. The van der Waals surface area contributed by atoms with Crippen LogP contribution in [-0.4, -0.2) is 37.4 Å². The predicted molar refractivity (Wildman–Crippen MR) is 91.9 cm³/mol. The molecule has 0 amide bonds. The zero-order valence-electron chi connectivity index (χ0n) is 13.9. The van der Waals surface area contributed by atoms with Crippen LogP contribution in [0.3, 0.4) is 0 Å². The number of aromatic nitrogens is 2. The van der Waals surface area contributed by atoms with Gasteiger partial charge < -0.3 is 9.84 Å². The van der Waals surface area contributed by atoms with Gasteiger partial charge in [0.1, 0.15) is 5.82 Å². The van der Waals surface area contributed by atoms with Crippen molar-refractivity contribution < 1.29 is 17.3 Å². The zero-order chi connectivity index (χ0) is 17.9. The number of benzene rings is 1. The molecule has 2 aromatic rings. The fourth-order valence-electron chi connectivity index (χ4n) is 2.95.